The Morgan fingerprint density at radius 3 is 2.25 bits per heavy atom. The van der Waals surface area contributed by atoms with Crippen molar-refractivity contribution in [3.8, 4) is 11.5 Å². The minimum atomic E-state index is -0.719. The van der Waals surface area contributed by atoms with Gasteiger partial charge in [-0.15, -0.1) is 0 Å². The SMILES string of the molecule is COc1ccc(/C(O)=C2/C(=O)C(=O)N(Cc3ccc(OCC(C)C)cc3)C2c2cccc(C)c2)cc1. The highest BCUT2D eigenvalue weighted by Crippen LogP contribution is 2.40. The minimum Gasteiger partial charge on any atom is -0.507 e. The molecule has 0 saturated carbocycles. The van der Waals surface area contributed by atoms with Crippen molar-refractivity contribution in [2.24, 2.45) is 5.92 Å². The van der Waals surface area contributed by atoms with Crippen LogP contribution >= 0.6 is 0 Å². The number of rotatable bonds is 8. The predicted octanol–water partition coefficient (Wildman–Crippen LogP) is 5.66. The normalized spacial score (nSPS) is 17.0. The predicted molar refractivity (Wildman–Crippen MR) is 139 cm³/mol. The van der Waals surface area contributed by atoms with Crippen molar-refractivity contribution in [3.63, 3.8) is 0 Å². The lowest BCUT2D eigenvalue weighted by molar-refractivity contribution is -0.140. The molecule has 3 aromatic rings. The summed E-state index contributed by atoms with van der Waals surface area (Å²) in [6, 6.07) is 21.2. The van der Waals surface area contributed by atoms with E-state index in [0.29, 0.717) is 23.8 Å². The van der Waals surface area contributed by atoms with E-state index in [2.05, 4.69) is 13.8 Å². The number of likely N-dealkylation sites (tertiary alicyclic amines) is 1. The van der Waals surface area contributed by atoms with Crippen molar-refractivity contribution in [1.82, 2.24) is 4.90 Å². The standard InChI is InChI=1S/C30H31NO5/c1-19(2)18-36-25-12-8-21(9-13-25)17-31-27(23-7-5-6-20(3)16-23)26(29(33)30(31)34)28(32)22-10-14-24(35-4)15-11-22/h5-16,19,27,32H,17-18H2,1-4H3/b28-26-. The first-order valence-corrected chi connectivity index (χ1v) is 12.0. The van der Waals surface area contributed by atoms with E-state index < -0.39 is 17.7 Å². The van der Waals surface area contributed by atoms with Crippen LogP contribution in [0.3, 0.4) is 0 Å². The van der Waals surface area contributed by atoms with E-state index >= 15 is 0 Å². The molecule has 0 aliphatic carbocycles. The number of hydrogen-bond donors (Lipinski definition) is 1. The fourth-order valence-corrected chi connectivity index (χ4v) is 4.28. The molecule has 186 valence electrons. The van der Waals surface area contributed by atoms with Gasteiger partial charge < -0.3 is 19.5 Å². The van der Waals surface area contributed by atoms with Crippen molar-refractivity contribution in [2.45, 2.75) is 33.4 Å². The van der Waals surface area contributed by atoms with Crippen LogP contribution in [0.4, 0.5) is 0 Å². The van der Waals surface area contributed by atoms with Crippen LogP contribution in [-0.2, 0) is 16.1 Å². The second-order valence-corrected chi connectivity index (χ2v) is 9.42. The number of aliphatic hydroxyl groups excluding tert-OH is 1. The Hall–Kier alpha value is -4.06. The highest BCUT2D eigenvalue weighted by Gasteiger charge is 2.46. The minimum absolute atomic E-state index is 0.0765. The molecule has 1 aliphatic rings. The van der Waals surface area contributed by atoms with Gasteiger partial charge in [-0.25, -0.2) is 0 Å². The summed E-state index contributed by atoms with van der Waals surface area (Å²) in [7, 11) is 1.56. The van der Waals surface area contributed by atoms with E-state index in [4.69, 9.17) is 9.47 Å². The van der Waals surface area contributed by atoms with Crippen LogP contribution in [0.5, 0.6) is 11.5 Å². The Morgan fingerprint density at radius 2 is 1.64 bits per heavy atom. The molecule has 1 unspecified atom stereocenters. The van der Waals surface area contributed by atoms with Gasteiger partial charge in [0.15, 0.2) is 0 Å². The molecule has 1 N–H and O–H groups in total. The first kappa shape index (κ1) is 25.0. The molecule has 1 aliphatic heterocycles. The summed E-state index contributed by atoms with van der Waals surface area (Å²) in [5, 5.41) is 11.2. The molecule has 1 fully saturated rings. The zero-order valence-electron chi connectivity index (χ0n) is 21.0. The fraction of sp³-hybridized carbons (Fsp3) is 0.267. The van der Waals surface area contributed by atoms with Crippen molar-refractivity contribution in [1.29, 1.82) is 0 Å². The summed E-state index contributed by atoms with van der Waals surface area (Å²) in [6.45, 7) is 6.96. The van der Waals surface area contributed by atoms with Gasteiger partial charge in [0.25, 0.3) is 11.7 Å². The van der Waals surface area contributed by atoms with Crippen LogP contribution < -0.4 is 9.47 Å². The van der Waals surface area contributed by atoms with E-state index in [0.717, 1.165) is 22.4 Å². The number of amides is 1. The molecule has 3 aromatic carbocycles. The number of Topliss-reactive ketones (excluding diaryl/α,β-unsaturated/α-hetero) is 1. The number of carbonyl (C=O) groups is 2. The number of carbonyl (C=O) groups excluding carboxylic acids is 2. The van der Waals surface area contributed by atoms with Gasteiger partial charge in [-0.1, -0.05) is 55.8 Å². The summed E-state index contributed by atoms with van der Waals surface area (Å²) >= 11 is 0. The van der Waals surface area contributed by atoms with Crippen LogP contribution in [0, 0.1) is 12.8 Å². The fourth-order valence-electron chi connectivity index (χ4n) is 4.28. The molecule has 36 heavy (non-hydrogen) atoms. The number of benzene rings is 3. The topological polar surface area (TPSA) is 76.1 Å². The van der Waals surface area contributed by atoms with Gasteiger partial charge in [0.2, 0.25) is 0 Å². The third-order valence-corrected chi connectivity index (χ3v) is 6.12. The van der Waals surface area contributed by atoms with Gasteiger partial charge in [-0.2, -0.15) is 0 Å². The zero-order valence-corrected chi connectivity index (χ0v) is 21.0. The summed E-state index contributed by atoms with van der Waals surface area (Å²) in [6.07, 6.45) is 0. The van der Waals surface area contributed by atoms with E-state index in [1.165, 1.54) is 4.90 Å². The molecule has 0 radical (unpaired) electrons. The Kier molecular flexibility index (Phi) is 7.44. The average Bonchev–Trinajstić information content (AvgIpc) is 3.13. The number of ether oxygens (including phenoxy) is 2. The van der Waals surface area contributed by atoms with Crippen LogP contribution in [-0.4, -0.2) is 35.4 Å². The molecule has 0 bridgehead atoms. The molecule has 0 spiro atoms. The monoisotopic (exact) mass is 485 g/mol. The highest BCUT2D eigenvalue weighted by atomic mass is 16.5. The highest BCUT2D eigenvalue weighted by molar-refractivity contribution is 6.46. The van der Waals surface area contributed by atoms with Crippen LogP contribution in [0.2, 0.25) is 0 Å². The van der Waals surface area contributed by atoms with E-state index in [-0.39, 0.29) is 17.9 Å². The lowest BCUT2D eigenvalue weighted by Gasteiger charge is -2.26. The maximum absolute atomic E-state index is 13.3. The van der Waals surface area contributed by atoms with Gasteiger partial charge in [0, 0.05) is 12.1 Å². The molecule has 1 heterocycles. The molecular formula is C30H31NO5. The van der Waals surface area contributed by atoms with Crippen LogP contribution in [0.25, 0.3) is 5.76 Å². The smallest absolute Gasteiger partial charge is 0.295 e. The molecule has 1 atom stereocenters. The summed E-state index contributed by atoms with van der Waals surface area (Å²) in [5.74, 6) is 0.245. The lowest BCUT2D eigenvalue weighted by Crippen LogP contribution is -2.29. The molecule has 1 saturated heterocycles. The van der Waals surface area contributed by atoms with Crippen LogP contribution in [0.15, 0.2) is 78.4 Å². The second-order valence-electron chi connectivity index (χ2n) is 9.42. The first-order chi connectivity index (χ1) is 17.3. The first-order valence-electron chi connectivity index (χ1n) is 12.0. The average molecular weight is 486 g/mol. The zero-order chi connectivity index (χ0) is 25.8. The molecule has 6 nitrogen and oxygen atoms in total. The maximum atomic E-state index is 13.3. The molecule has 0 aromatic heterocycles. The second kappa shape index (κ2) is 10.7. The number of methoxy groups -OCH3 is 1. The Labute approximate surface area is 211 Å². The molecule has 4 rings (SSSR count). The van der Waals surface area contributed by atoms with Gasteiger partial charge in [0.05, 0.1) is 25.3 Å². The van der Waals surface area contributed by atoms with Gasteiger partial charge in [-0.05, 0) is 60.4 Å². The number of aliphatic hydroxyl groups is 1. The van der Waals surface area contributed by atoms with Gasteiger partial charge in [-0.3, -0.25) is 9.59 Å². The Morgan fingerprint density at radius 1 is 0.972 bits per heavy atom. The van der Waals surface area contributed by atoms with E-state index in [1.807, 2.05) is 55.5 Å². The number of nitrogens with zero attached hydrogens (tertiary/aromatic N) is 1. The van der Waals surface area contributed by atoms with Crippen LogP contribution in [0.1, 0.15) is 42.1 Å². The maximum Gasteiger partial charge on any atom is 0.295 e. The van der Waals surface area contributed by atoms with Crippen molar-refractivity contribution in [2.75, 3.05) is 13.7 Å². The Balaban J connectivity index is 1.73. The van der Waals surface area contributed by atoms with Gasteiger partial charge in [0.1, 0.15) is 17.3 Å². The summed E-state index contributed by atoms with van der Waals surface area (Å²) < 4.78 is 11.0. The molecule has 1 amide bonds. The number of ketones is 1. The largest absolute Gasteiger partial charge is 0.507 e. The lowest BCUT2D eigenvalue weighted by atomic mass is 9.94. The van der Waals surface area contributed by atoms with E-state index in [9.17, 15) is 14.7 Å². The van der Waals surface area contributed by atoms with Crippen molar-refractivity contribution in [3.05, 3.63) is 101 Å². The summed E-state index contributed by atoms with van der Waals surface area (Å²) in [5.41, 5.74) is 3.14. The van der Waals surface area contributed by atoms with Crippen molar-refractivity contribution >= 4 is 17.4 Å². The molecular weight excluding hydrogens is 454 g/mol. The summed E-state index contributed by atoms with van der Waals surface area (Å²) in [4.78, 5) is 28.0. The third kappa shape index (κ3) is 5.28. The van der Waals surface area contributed by atoms with Crippen molar-refractivity contribution < 1.29 is 24.2 Å². The molecule has 6 heteroatoms. The Bertz CT molecular complexity index is 1280. The van der Waals surface area contributed by atoms with E-state index in [1.54, 1.807) is 31.4 Å². The quantitative estimate of drug-likeness (QED) is 0.253. The number of hydrogen-bond acceptors (Lipinski definition) is 5. The third-order valence-electron chi connectivity index (χ3n) is 6.12. The number of aryl methyl sites for hydroxylation is 1. The van der Waals surface area contributed by atoms with Gasteiger partial charge >= 0.3 is 0 Å².